The number of H-pyrrole nitrogens is 1. The minimum atomic E-state index is -1.00. The van der Waals surface area contributed by atoms with Crippen LogP contribution in [0.4, 0.5) is 17.1 Å². The van der Waals surface area contributed by atoms with Crippen molar-refractivity contribution in [1.82, 2.24) is 9.55 Å². The third-order valence-electron chi connectivity index (χ3n) is 4.41. The van der Waals surface area contributed by atoms with E-state index < -0.39 is 57.5 Å². The lowest BCUT2D eigenvalue weighted by Gasteiger charge is -2.14. The van der Waals surface area contributed by atoms with Crippen molar-refractivity contribution in [3.63, 3.8) is 0 Å². The number of rotatable bonds is 7. The molecule has 0 aliphatic carbocycles. The summed E-state index contributed by atoms with van der Waals surface area (Å²) in [6.45, 7) is -0.455. The summed E-state index contributed by atoms with van der Waals surface area (Å²) in [5.41, 5.74) is -0.503. The number of nitrogens with one attached hydrogen (secondary N) is 2. The Morgan fingerprint density at radius 3 is 2.45 bits per heavy atom. The van der Waals surface area contributed by atoms with Crippen molar-refractivity contribution in [2.24, 2.45) is 5.10 Å². The third kappa shape index (κ3) is 4.80. The molecular weight excluding hydrogens is 420 g/mol. The quantitative estimate of drug-likeness (QED) is 0.246. The smallest absolute Gasteiger partial charge is 0.330 e. The van der Waals surface area contributed by atoms with Gasteiger partial charge in [-0.25, -0.2) is 4.79 Å². The number of benzene rings is 1. The highest BCUT2D eigenvalue weighted by molar-refractivity contribution is 5.79. The molecule has 3 atom stereocenters. The number of hydrogen-bond donors (Lipinski definition) is 4. The van der Waals surface area contributed by atoms with Gasteiger partial charge in [0.15, 0.2) is 0 Å². The van der Waals surface area contributed by atoms with E-state index in [0.29, 0.717) is 0 Å². The highest BCUT2D eigenvalue weighted by Gasteiger charge is 2.35. The molecule has 2 aromatic rings. The monoisotopic (exact) mass is 436 g/mol. The summed E-state index contributed by atoms with van der Waals surface area (Å²) in [4.78, 5) is 46.4. The molecule has 1 aliphatic rings. The van der Waals surface area contributed by atoms with Crippen molar-refractivity contribution in [1.29, 1.82) is 0 Å². The Balaban J connectivity index is 1.85. The number of nitrogens with zero attached hydrogens (tertiary/aromatic N) is 4. The molecule has 3 rings (SSSR count). The molecule has 0 bridgehead atoms. The van der Waals surface area contributed by atoms with Crippen LogP contribution < -0.4 is 16.7 Å². The zero-order valence-corrected chi connectivity index (χ0v) is 15.6. The van der Waals surface area contributed by atoms with Gasteiger partial charge in [-0.15, -0.1) is 0 Å². The predicted molar refractivity (Wildman–Crippen MR) is 104 cm³/mol. The third-order valence-corrected chi connectivity index (χ3v) is 4.41. The average molecular weight is 436 g/mol. The zero-order valence-electron chi connectivity index (χ0n) is 15.6. The maximum absolute atomic E-state index is 12.1. The fraction of sp³-hybridized carbons (Fsp3) is 0.312. The van der Waals surface area contributed by atoms with Gasteiger partial charge in [0.2, 0.25) is 0 Å². The van der Waals surface area contributed by atoms with E-state index in [9.17, 15) is 34.9 Å². The fourth-order valence-corrected chi connectivity index (χ4v) is 2.90. The number of nitro groups is 2. The zero-order chi connectivity index (χ0) is 22.7. The average Bonchev–Trinajstić information content (AvgIpc) is 3.09. The number of nitro benzene ring substituents is 2. The normalized spacial score (nSPS) is 20.8. The molecule has 164 valence electrons. The van der Waals surface area contributed by atoms with Gasteiger partial charge in [0.25, 0.3) is 16.9 Å². The number of aromatic nitrogens is 2. The van der Waals surface area contributed by atoms with Crippen LogP contribution in [0.15, 0.2) is 39.1 Å². The molecule has 1 saturated heterocycles. The minimum Gasteiger partial charge on any atom is -0.394 e. The Morgan fingerprint density at radius 1 is 1.26 bits per heavy atom. The first-order valence-corrected chi connectivity index (χ1v) is 8.72. The lowest BCUT2D eigenvalue weighted by Crippen LogP contribution is -2.34. The summed E-state index contributed by atoms with van der Waals surface area (Å²) in [7, 11) is 0. The molecule has 15 nitrogen and oxygen atoms in total. The van der Waals surface area contributed by atoms with Gasteiger partial charge < -0.3 is 14.9 Å². The number of non-ortho nitro benzene ring substituents is 2. The number of hydrogen-bond acceptors (Lipinski definition) is 11. The SMILES string of the molecule is O=c1[nH]c(=O)n([C@H]2C[C@H](O)[C@@H](CO)O2)cc1/C=N/Nc1cc([N+](=O)[O-])cc([N+](=O)[O-])c1. The van der Waals surface area contributed by atoms with Crippen LogP contribution in [0.25, 0.3) is 0 Å². The van der Waals surface area contributed by atoms with Crippen molar-refractivity contribution in [3.05, 3.63) is 71.0 Å². The van der Waals surface area contributed by atoms with Gasteiger partial charge in [-0.1, -0.05) is 0 Å². The van der Waals surface area contributed by atoms with Gasteiger partial charge in [0.1, 0.15) is 12.3 Å². The summed E-state index contributed by atoms with van der Waals surface area (Å²) in [6.07, 6.45) is -0.697. The summed E-state index contributed by atoms with van der Waals surface area (Å²) in [6, 6.07) is 2.81. The predicted octanol–water partition coefficient (Wildman–Crippen LogP) is -0.560. The van der Waals surface area contributed by atoms with E-state index in [2.05, 4.69) is 15.5 Å². The van der Waals surface area contributed by atoms with E-state index in [1.807, 2.05) is 0 Å². The van der Waals surface area contributed by atoms with Crippen LogP contribution in [0.5, 0.6) is 0 Å². The number of aromatic amines is 1. The van der Waals surface area contributed by atoms with Crippen LogP contribution in [0, 0.1) is 20.2 Å². The van der Waals surface area contributed by atoms with Crippen LogP contribution >= 0.6 is 0 Å². The van der Waals surface area contributed by atoms with Crippen LogP contribution in [-0.4, -0.2) is 54.6 Å². The molecule has 0 unspecified atom stereocenters. The molecule has 1 fully saturated rings. The maximum Gasteiger partial charge on any atom is 0.330 e. The van der Waals surface area contributed by atoms with E-state index in [1.165, 1.54) is 0 Å². The largest absolute Gasteiger partial charge is 0.394 e. The van der Waals surface area contributed by atoms with E-state index in [4.69, 9.17) is 9.84 Å². The first-order valence-electron chi connectivity index (χ1n) is 8.72. The molecule has 15 heteroatoms. The van der Waals surface area contributed by atoms with E-state index in [1.54, 1.807) is 0 Å². The number of aliphatic hydroxyl groups excluding tert-OH is 2. The van der Waals surface area contributed by atoms with E-state index in [-0.39, 0.29) is 17.7 Å². The van der Waals surface area contributed by atoms with Crippen molar-refractivity contribution >= 4 is 23.3 Å². The molecule has 1 aliphatic heterocycles. The fourth-order valence-electron chi connectivity index (χ4n) is 2.90. The lowest BCUT2D eigenvalue weighted by atomic mass is 10.2. The summed E-state index contributed by atoms with van der Waals surface area (Å²) in [5, 5.41) is 44.6. The first kappa shape index (κ1) is 21.8. The van der Waals surface area contributed by atoms with Crippen LogP contribution in [0.2, 0.25) is 0 Å². The van der Waals surface area contributed by atoms with Crippen LogP contribution in [0.1, 0.15) is 18.2 Å². The first-order chi connectivity index (χ1) is 14.7. The van der Waals surface area contributed by atoms with E-state index >= 15 is 0 Å². The topological polar surface area (TPSA) is 215 Å². The Labute approximate surface area is 171 Å². The molecule has 0 radical (unpaired) electrons. The van der Waals surface area contributed by atoms with Gasteiger partial charge in [-0.2, -0.15) is 5.10 Å². The summed E-state index contributed by atoms with van der Waals surface area (Å²) >= 11 is 0. The Hall–Kier alpha value is -3.95. The molecule has 2 heterocycles. The number of aliphatic hydroxyl groups is 2. The molecular formula is C16H16N6O9. The molecule has 4 N–H and O–H groups in total. The minimum absolute atomic E-state index is 0.00333. The number of hydrazone groups is 1. The maximum atomic E-state index is 12.1. The van der Waals surface area contributed by atoms with Crippen molar-refractivity contribution in [2.45, 2.75) is 24.9 Å². The molecule has 0 spiro atoms. The molecule has 1 aromatic carbocycles. The number of anilines is 1. The van der Waals surface area contributed by atoms with Crippen molar-refractivity contribution < 1.29 is 24.8 Å². The second-order valence-electron chi connectivity index (χ2n) is 6.49. The standard InChI is InChI=1S/C16H16N6O9/c23-7-13-12(24)4-14(31-13)20-6-8(15(25)18-16(20)26)5-17-19-9-1-10(21(27)28)3-11(2-9)22(29)30/h1-3,5-6,12-14,19,23-24H,4,7H2,(H,18,25,26)/b17-5+/t12-,13+,14+/m0/s1. The molecule has 1 aromatic heterocycles. The van der Waals surface area contributed by atoms with Gasteiger partial charge >= 0.3 is 5.69 Å². The molecule has 0 saturated carbocycles. The van der Waals surface area contributed by atoms with E-state index in [0.717, 1.165) is 35.2 Å². The van der Waals surface area contributed by atoms with Gasteiger partial charge in [-0.05, 0) is 0 Å². The highest BCUT2D eigenvalue weighted by atomic mass is 16.6. The second-order valence-corrected chi connectivity index (χ2v) is 6.49. The summed E-state index contributed by atoms with van der Waals surface area (Å²) < 4.78 is 6.40. The lowest BCUT2D eigenvalue weighted by molar-refractivity contribution is -0.394. The van der Waals surface area contributed by atoms with Gasteiger partial charge in [0.05, 0.1) is 46.1 Å². The van der Waals surface area contributed by atoms with Crippen molar-refractivity contribution in [2.75, 3.05) is 12.0 Å². The van der Waals surface area contributed by atoms with Gasteiger partial charge in [0, 0.05) is 24.8 Å². The van der Waals surface area contributed by atoms with Gasteiger partial charge in [-0.3, -0.25) is 40.0 Å². The Bertz CT molecular complexity index is 1120. The Morgan fingerprint density at radius 2 is 1.90 bits per heavy atom. The summed E-state index contributed by atoms with van der Waals surface area (Å²) in [5.74, 6) is 0. The molecule has 0 amide bonds. The highest BCUT2D eigenvalue weighted by Crippen LogP contribution is 2.27. The Kier molecular flexibility index (Phi) is 6.19. The molecule has 31 heavy (non-hydrogen) atoms. The van der Waals surface area contributed by atoms with Crippen LogP contribution in [0.3, 0.4) is 0 Å². The van der Waals surface area contributed by atoms with Crippen LogP contribution in [-0.2, 0) is 4.74 Å². The van der Waals surface area contributed by atoms with Crippen molar-refractivity contribution in [3.8, 4) is 0 Å². The second kappa shape index (κ2) is 8.82. The number of ether oxygens (including phenoxy) is 1.